The Hall–Kier alpha value is -3.89. The molecule has 0 bridgehead atoms. The molecule has 10 heteroatoms. The number of benzene rings is 2. The molecule has 2 aromatic carbocycles. The Morgan fingerprint density at radius 2 is 1.73 bits per heavy atom. The van der Waals surface area contributed by atoms with Crippen molar-refractivity contribution in [3.63, 3.8) is 0 Å². The standard InChI is InChI=1S/C27H26F3N5O2/c28-27(29,30)18-32-26(36)33-23-6-2-5-22(14-23)24-16-31-25-15-21(7-8-35(24)25)20-4-1-3-19(13-20)17-34-9-11-37-12-10-34/h1-8,13-16H,9-12,17-18H2,(H2,32,33,36). The molecule has 1 aliphatic heterocycles. The summed E-state index contributed by atoms with van der Waals surface area (Å²) in [4.78, 5) is 18.8. The zero-order chi connectivity index (χ0) is 25.8. The van der Waals surface area contributed by atoms with Gasteiger partial charge in [-0.15, -0.1) is 0 Å². The fraction of sp³-hybridized carbons (Fsp3) is 0.259. The van der Waals surface area contributed by atoms with Crippen LogP contribution in [0.2, 0.25) is 0 Å². The Labute approximate surface area is 211 Å². The summed E-state index contributed by atoms with van der Waals surface area (Å²) in [5, 5.41) is 4.24. The Balaban J connectivity index is 1.33. The van der Waals surface area contributed by atoms with Crippen LogP contribution in [0.5, 0.6) is 0 Å². The van der Waals surface area contributed by atoms with Crippen LogP contribution in [0.1, 0.15) is 5.56 Å². The molecule has 0 unspecified atom stereocenters. The third kappa shape index (κ3) is 6.28. The maximum atomic E-state index is 12.3. The number of imidazole rings is 1. The molecule has 0 spiro atoms. The average Bonchev–Trinajstić information content (AvgIpc) is 3.31. The average molecular weight is 510 g/mol. The number of morpholine rings is 1. The first kappa shape index (κ1) is 24.8. The van der Waals surface area contributed by atoms with Crippen molar-refractivity contribution in [1.29, 1.82) is 0 Å². The lowest BCUT2D eigenvalue weighted by Gasteiger charge is -2.26. The van der Waals surface area contributed by atoms with E-state index in [0.717, 1.165) is 60.9 Å². The largest absolute Gasteiger partial charge is 0.405 e. The topological polar surface area (TPSA) is 70.9 Å². The molecule has 192 valence electrons. The van der Waals surface area contributed by atoms with Crippen LogP contribution in [-0.2, 0) is 11.3 Å². The fourth-order valence-electron chi connectivity index (χ4n) is 4.35. The van der Waals surface area contributed by atoms with E-state index in [9.17, 15) is 18.0 Å². The second kappa shape index (κ2) is 10.6. The molecule has 4 aromatic rings. The van der Waals surface area contributed by atoms with E-state index in [-0.39, 0.29) is 0 Å². The Morgan fingerprint density at radius 1 is 0.973 bits per heavy atom. The van der Waals surface area contributed by atoms with Gasteiger partial charge in [0.05, 0.1) is 25.1 Å². The second-order valence-corrected chi connectivity index (χ2v) is 8.88. The summed E-state index contributed by atoms with van der Waals surface area (Å²) in [6.07, 6.45) is -0.798. The lowest BCUT2D eigenvalue weighted by Crippen LogP contribution is -2.36. The van der Waals surface area contributed by atoms with Crippen molar-refractivity contribution in [2.45, 2.75) is 12.7 Å². The first-order valence-electron chi connectivity index (χ1n) is 11.9. The summed E-state index contributed by atoms with van der Waals surface area (Å²) in [7, 11) is 0. The van der Waals surface area contributed by atoms with Gasteiger partial charge in [-0.2, -0.15) is 13.2 Å². The van der Waals surface area contributed by atoms with Gasteiger partial charge in [0.1, 0.15) is 12.2 Å². The summed E-state index contributed by atoms with van der Waals surface area (Å²) in [5.41, 5.74) is 6.09. The van der Waals surface area contributed by atoms with Crippen molar-refractivity contribution in [2.75, 3.05) is 38.2 Å². The highest BCUT2D eigenvalue weighted by molar-refractivity contribution is 5.90. The van der Waals surface area contributed by atoms with E-state index >= 15 is 0 Å². The van der Waals surface area contributed by atoms with Crippen molar-refractivity contribution >= 4 is 17.4 Å². The van der Waals surface area contributed by atoms with Crippen molar-refractivity contribution in [3.8, 4) is 22.4 Å². The van der Waals surface area contributed by atoms with Gasteiger partial charge in [0.15, 0.2) is 0 Å². The molecule has 2 amide bonds. The van der Waals surface area contributed by atoms with E-state index in [0.29, 0.717) is 5.69 Å². The van der Waals surface area contributed by atoms with Crippen molar-refractivity contribution in [1.82, 2.24) is 19.6 Å². The lowest BCUT2D eigenvalue weighted by molar-refractivity contribution is -0.122. The number of nitrogens with one attached hydrogen (secondary N) is 2. The molecule has 0 radical (unpaired) electrons. The van der Waals surface area contributed by atoms with Gasteiger partial charge in [0, 0.05) is 37.1 Å². The molecule has 2 N–H and O–H groups in total. The van der Waals surface area contributed by atoms with Gasteiger partial charge in [-0.25, -0.2) is 9.78 Å². The smallest absolute Gasteiger partial charge is 0.379 e. The minimum atomic E-state index is -4.47. The molecule has 1 fully saturated rings. The number of alkyl halides is 3. The number of carbonyl (C=O) groups is 1. The molecule has 3 heterocycles. The van der Waals surface area contributed by atoms with Crippen LogP contribution in [0.3, 0.4) is 0 Å². The quantitative estimate of drug-likeness (QED) is 0.376. The number of amides is 2. The number of pyridine rings is 1. The highest BCUT2D eigenvalue weighted by Gasteiger charge is 2.27. The number of hydrogen-bond donors (Lipinski definition) is 2. The molecule has 1 saturated heterocycles. The number of ether oxygens (including phenoxy) is 1. The van der Waals surface area contributed by atoms with E-state index in [1.165, 1.54) is 5.56 Å². The number of carbonyl (C=O) groups excluding carboxylic acids is 1. The number of rotatable bonds is 6. The number of halogens is 3. The number of urea groups is 1. The first-order chi connectivity index (χ1) is 17.8. The molecule has 2 aromatic heterocycles. The minimum Gasteiger partial charge on any atom is -0.379 e. The van der Waals surface area contributed by atoms with Gasteiger partial charge in [-0.1, -0.05) is 30.3 Å². The second-order valence-electron chi connectivity index (χ2n) is 8.88. The fourth-order valence-corrected chi connectivity index (χ4v) is 4.35. The Kier molecular flexibility index (Phi) is 7.11. The maximum Gasteiger partial charge on any atom is 0.405 e. The highest BCUT2D eigenvalue weighted by Crippen LogP contribution is 2.27. The van der Waals surface area contributed by atoms with Crippen molar-refractivity contribution < 1.29 is 22.7 Å². The van der Waals surface area contributed by atoms with E-state index in [1.54, 1.807) is 29.7 Å². The van der Waals surface area contributed by atoms with Crippen LogP contribution < -0.4 is 10.6 Å². The van der Waals surface area contributed by atoms with Crippen molar-refractivity contribution in [3.05, 3.63) is 78.6 Å². The summed E-state index contributed by atoms with van der Waals surface area (Å²) in [6, 6.07) is 18.5. The molecular formula is C27H26F3N5O2. The molecular weight excluding hydrogens is 483 g/mol. The van der Waals surface area contributed by atoms with E-state index in [4.69, 9.17) is 4.74 Å². The van der Waals surface area contributed by atoms with Gasteiger partial charge >= 0.3 is 12.2 Å². The number of nitrogens with zero attached hydrogens (tertiary/aromatic N) is 3. The molecule has 0 atom stereocenters. The number of aromatic nitrogens is 2. The molecule has 0 aliphatic carbocycles. The zero-order valence-corrected chi connectivity index (χ0v) is 20.0. The van der Waals surface area contributed by atoms with E-state index < -0.39 is 18.8 Å². The van der Waals surface area contributed by atoms with Crippen LogP contribution in [0.15, 0.2) is 73.1 Å². The van der Waals surface area contributed by atoms with Crippen LogP contribution in [0.25, 0.3) is 28.0 Å². The first-order valence-corrected chi connectivity index (χ1v) is 11.9. The van der Waals surface area contributed by atoms with Gasteiger partial charge in [0.25, 0.3) is 0 Å². The van der Waals surface area contributed by atoms with E-state index in [2.05, 4.69) is 39.5 Å². The third-order valence-electron chi connectivity index (χ3n) is 6.15. The summed E-state index contributed by atoms with van der Waals surface area (Å²) < 4.78 is 44.4. The monoisotopic (exact) mass is 509 g/mol. The molecule has 7 nitrogen and oxygen atoms in total. The van der Waals surface area contributed by atoms with Crippen LogP contribution in [0.4, 0.5) is 23.7 Å². The van der Waals surface area contributed by atoms with Gasteiger partial charge in [-0.3, -0.25) is 9.30 Å². The van der Waals surface area contributed by atoms with Crippen LogP contribution in [-0.4, -0.2) is 59.3 Å². The third-order valence-corrected chi connectivity index (χ3v) is 6.15. The molecule has 5 rings (SSSR count). The van der Waals surface area contributed by atoms with Gasteiger partial charge in [0.2, 0.25) is 0 Å². The van der Waals surface area contributed by atoms with Gasteiger partial charge < -0.3 is 15.4 Å². The Morgan fingerprint density at radius 3 is 2.54 bits per heavy atom. The number of hydrogen-bond acceptors (Lipinski definition) is 4. The molecule has 37 heavy (non-hydrogen) atoms. The molecule has 1 aliphatic rings. The summed E-state index contributed by atoms with van der Waals surface area (Å²) in [5.74, 6) is 0. The predicted molar refractivity (Wildman–Crippen MR) is 135 cm³/mol. The summed E-state index contributed by atoms with van der Waals surface area (Å²) >= 11 is 0. The SMILES string of the molecule is O=C(NCC(F)(F)F)Nc1cccc(-c2cnc3cc(-c4cccc(CN5CCOCC5)c4)ccn23)c1. The lowest BCUT2D eigenvalue weighted by atomic mass is 10.0. The Bertz CT molecular complexity index is 1400. The van der Waals surface area contributed by atoms with Crippen LogP contribution in [0, 0.1) is 0 Å². The maximum absolute atomic E-state index is 12.3. The minimum absolute atomic E-state index is 0.376. The zero-order valence-electron chi connectivity index (χ0n) is 20.0. The molecule has 0 saturated carbocycles. The number of fused-ring (bicyclic) bond motifs is 1. The summed E-state index contributed by atoms with van der Waals surface area (Å²) in [6.45, 7) is 2.88. The van der Waals surface area contributed by atoms with Gasteiger partial charge in [-0.05, 0) is 47.0 Å². The van der Waals surface area contributed by atoms with Crippen LogP contribution >= 0.6 is 0 Å². The normalized spacial score (nSPS) is 14.6. The highest BCUT2D eigenvalue weighted by atomic mass is 19.4. The predicted octanol–water partition coefficient (Wildman–Crippen LogP) is 5.18. The van der Waals surface area contributed by atoms with E-state index in [1.807, 2.05) is 28.8 Å². The van der Waals surface area contributed by atoms with Crippen molar-refractivity contribution in [2.24, 2.45) is 0 Å². The number of anilines is 1.